The van der Waals surface area contributed by atoms with Crippen molar-refractivity contribution in [2.24, 2.45) is 0 Å². The van der Waals surface area contributed by atoms with Crippen molar-refractivity contribution < 1.29 is 4.79 Å². The Labute approximate surface area is 73.5 Å². The molecule has 1 rings (SSSR count). The second-order valence-electron chi connectivity index (χ2n) is 3.47. The summed E-state index contributed by atoms with van der Waals surface area (Å²) in [7, 11) is 5.63. The molecule has 12 heavy (non-hydrogen) atoms. The molecule has 0 heterocycles. The monoisotopic (exact) mass is 171 g/mol. The van der Waals surface area contributed by atoms with Crippen molar-refractivity contribution in [2.45, 2.75) is 18.9 Å². The van der Waals surface area contributed by atoms with E-state index in [-0.39, 0.29) is 5.91 Å². The second kappa shape index (κ2) is 3.87. The van der Waals surface area contributed by atoms with Crippen LogP contribution in [0, 0.1) is 0 Å². The van der Waals surface area contributed by atoms with Gasteiger partial charge in [0, 0.05) is 27.2 Å². The number of rotatable bonds is 4. The van der Waals surface area contributed by atoms with E-state index in [0.29, 0.717) is 12.6 Å². The van der Waals surface area contributed by atoms with Gasteiger partial charge in [0.25, 0.3) is 0 Å². The summed E-state index contributed by atoms with van der Waals surface area (Å²) in [4.78, 5) is 13.2. The fourth-order valence-electron chi connectivity index (χ4n) is 1.02. The predicted molar refractivity (Wildman–Crippen MR) is 47.5 cm³/mol. The minimum Gasteiger partial charge on any atom is -0.342 e. The maximum absolute atomic E-state index is 11.4. The molecule has 4 heteroatoms. The molecule has 1 aliphatic rings. The van der Waals surface area contributed by atoms with Crippen LogP contribution in [0.25, 0.3) is 0 Å². The Bertz CT molecular complexity index is 166. The highest BCUT2D eigenvalue weighted by atomic mass is 16.2. The molecular formula is C8H17N3O. The summed E-state index contributed by atoms with van der Waals surface area (Å²) in [6.45, 7) is 0.403. The van der Waals surface area contributed by atoms with E-state index in [1.807, 2.05) is 26.0 Å². The molecule has 0 aromatic rings. The largest absolute Gasteiger partial charge is 0.342 e. The van der Waals surface area contributed by atoms with Crippen LogP contribution in [0.4, 0.5) is 0 Å². The third-order valence-corrected chi connectivity index (χ3v) is 2.03. The van der Waals surface area contributed by atoms with Crippen LogP contribution >= 0.6 is 0 Å². The van der Waals surface area contributed by atoms with E-state index in [9.17, 15) is 4.79 Å². The van der Waals surface area contributed by atoms with Crippen molar-refractivity contribution >= 4 is 5.91 Å². The minimum atomic E-state index is 0.172. The maximum atomic E-state index is 11.4. The van der Waals surface area contributed by atoms with Crippen LogP contribution in [0.1, 0.15) is 12.8 Å². The van der Waals surface area contributed by atoms with Crippen molar-refractivity contribution in [2.75, 3.05) is 27.7 Å². The first-order chi connectivity index (χ1) is 5.61. The Morgan fingerprint density at radius 2 is 2.00 bits per heavy atom. The highest BCUT2D eigenvalue weighted by Crippen LogP contribution is 2.24. The number of likely N-dealkylation sites (N-methyl/N-ethyl adjacent to an activating group) is 1. The standard InChI is InChI=1S/C8H17N3O/c1-10(2)9-6-8(12)11(3)7-4-5-7/h7,9H,4-6H2,1-3H3. The van der Waals surface area contributed by atoms with E-state index < -0.39 is 0 Å². The highest BCUT2D eigenvalue weighted by molar-refractivity contribution is 5.78. The predicted octanol–water partition coefficient (Wildman–Crippen LogP) is -0.327. The molecule has 1 N–H and O–H groups in total. The van der Waals surface area contributed by atoms with Crippen molar-refractivity contribution in [1.29, 1.82) is 0 Å². The zero-order chi connectivity index (χ0) is 9.14. The first-order valence-electron chi connectivity index (χ1n) is 4.27. The Morgan fingerprint density at radius 3 is 2.42 bits per heavy atom. The average molecular weight is 171 g/mol. The Balaban J connectivity index is 2.17. The lowest BCUT2D eigenvalue weighted by Gasteiger charge is -2.18. The number of hydrogen-bond donors (Lipinski definition) is 1. The van der Waals surface area contributed by atoms with Crippen LogP contribution in [-0.4, -0.2) is 49.5 Å². The van der Waals surface area contributed by atoms with Crippen LogP contribution in [0.2, 0.25) is 0 Å². The number of amides is 1. The normalized spacial score (nSPS) is 16.7. The van der Waals surface area contributed by atoms with Crippen LogP contribution in [0.5, 0.6) is 0 Å². The van der Waals surface area contributed by atoms with Gasteiger partial charge in [0.15, 0.2) is 0 Å². The van der Waals surface area contributed by atoms with Gasteiger partial charge in [-0.2, -0.15) is 0 Å². The minimum absolute atomic E-state index is 0.172. The molecule has 0 atom stereocenters. The number of carbonyl (C=O) groups is 1. The van der Waals surface area contributed by atoms with Crippen molar-refractivity contribution in [3.05, 3.63) is 0 Å². The lowest BCUT2D eigenvalue weighted by Crippen LogP contribution is -2.41. The van der Waals surface area contributed by atoms with Gasteiger partial charge in [-0.25, -0.2) is 5.43 Å². The van der Waals surface area contributed by atoms with E-state index in [2.05, 4.69) is 5.43 Å². The van der Waals surface area contributed by atoms with Crippen molar-refractivity contribution in [3.63, 3.8) is 0 Å². The molecule has 0 spiro atoms. The second-order valence-corrected chi connectivity index (χ2v) is 3.47. The Hall–Kier alpha value is -0.610. The Morgan fingerprint density at radius 1 is 1.42 bits per heavy atom. The summed E-state index contributed by atoms with van der Waals surface area (Å²) in [5, 5.41) is 1.79. The summed E-state index contributed by atoms with van der Waals surface area (Å²) < 4.78 is 0. The summed E-state index contributed by atoms with van der Waals surface area (Å²) in [5.74, 6) is 0.172. The maximum Gasteiger partial charge on any atom is 0.237 e. The molecule has 1 amide bonds. The molecule has 0 aliphatic heterocycles. The van der Waals surface area contributed by atoms with Gasteiger partial charge in [-0.05, 0) is 12.8 Å². The van der Waals surface area contributed by atoms with Crippen LogP contribution in [-0.2, 0) is 4.79 Å². The lowest BCUT2D eigenvalue weighted by molar-refractivity contribution is -0.130. The SMILES string of the molecule is CN(C)NCC(=O)N(C)C1CC1. The molecule has 0 radical (unpaired) electrons. The molecular weight excluding hydrogens is 154 g/mol. The van der Waals surface area contributed by atoms with E-state index in [0.717, 1.165) is 0 Å². The number of hydrazine groups is 1. The summed E-state index contributed by atoms with van der Waals surface area (Å²) >= 11 is 0. The number of carbonyl (C=O) groups excluding carboxylic acids is 1. The Kier molecular flexibility index (Phi) is 3.05. The molecule has 1 fully saturated rings. The first kappa shape index (κ1) is 9.48. The lowest BCUT2D eigenvalue weighted by atomic mass is 10.5. The van der Waals surface area contributed by atoms with Gasteiger partial charge in [0.05, 0.1) is 6.54 Å². The summed E-state index contributed by atoms with van der Waals surface area (Å²) in [5.41, 5.74) is 2.95. The van der Waals surface area contributed by atoms with Crippen molar-refractivity contribution in [1.82, 2.24) is 15.3 Å². The molecule has 0 aromatic carbocycles. The van der Waals surface area contributed by atoms with E-state index in [1.54, 1.807) is 5.01 Å². The van der Waals surface area contributed by atoms with E-state index in [4.69, 9.17) is 0 Å². The quantitative estimate of drug-likeness (QED) is 0.588. The van der Waals surface area contributed by atoms with Gasteiger partial charge in [-0.3, -0.25) is 9.80 Å². The topological polar surface area (TPSA) is 35.6 Å². The summed E-state index contributed by atoms with van der Waals surface area (Å²) in [6.07, 6.45) is 2.34. The third kappa shape index (κ3) is 2.79. The van der Waals surface area contributed by atoms with Crippen LogP contribution < -0.4 is 5.43 Å². The van der Waals surface area contributed by atoms with Gasteiger partial charge in [-0.15, -0.1) is 0 Å². The zero-order valence-corrected chi connectivity index (χ0v) is 8.00. The smallest absolute Gasteiger partial charge is 0.237 e. The molecule has 4 nitrogen and oxygen atoms in total. The fourth-order valence-corrected chi connectivity index (χ4v) is 1.02. The molecule has 0 unspecified atom stereocenters. The van der Waals surface area contributed by atoms with E-state index >= 15 is 0 Å². The molecule has 1 aliphatic carbocycles. The van der Waals surface area contributed by atoms with Gasteiger partial charge >= 0.3 is 0 Å². The molecule has 1 saturated carbocycles. The van der Waals surface area contributed by atoms with Crippen LogP contribution in [0.15, 0.2) is 0 Å². The van der Waals surface area contributed by atoms with Crippen molar-refractivity contribution in [3.8, 4) is 0 Å². The molecule has 0 aromatic heterocycles. The fraction of sp³-hybridized carbons (Fsp3) is 0.875. The molecule has 70 valence electrons. The number of hydrogen-bond acceptors (Lipinski definition) is 3. The van der Waals surface area contributed by atoms with Gasteiger partial charge in [-0.1, -0.05) is 0 Å². The molecule has 0 saturated heterocycles. The van der Waals surface area contributed by atoms with Gasteiger partial charge in [0.2, 0.25) is 5.91 Å². The number of nitrogens with one attached hydrogen (secondary N) is 1. The highest BCUT2D eigenvalue weighted by Gasteiger charge is 2.29. The van der Waals surface area contributed by atoms with Gasteiger partial charge < -0.3 is 4.90 Å². The van der Waals surface area contributed by atoms with Gasteiger partial charge in [0.1, 0.15) is 0 Å². The zero-order valence-electron chi connectivity index (χ0n) is 8.00. The van der Waals surface area contributed by atoms with Crippen LogP contribution in [0.3, 0.4) is 0 Å². The first-order valence-corrected chi connectivity index (χ1v) is 4.27. The molecule has 0 bridgehead atoms. The average Bonchev–Trinajstić information content (AvgIpc) is 2.80. The number of nitrogens with zero attached hydrogens (tertiary/aromatic N) is 2. The summed E-state index contributed by atoms with van der Waals surface area (Å²) in [6, 6.07) is 0.515. The third-order valence-electron chi connectivity index (χ3n) is 2.03. The van der Waals surface area contributed by atoms with E-state index in [1.165, 1.54) is 12.8 Å².